The van der Waals surface area contributed by atoms with Gasteiger partial charge in [-0.2, -0.15) is 0 Å². The number of nitrogens with zero attached hydrogens (tertiary/aromatic N) is 1. The van der Waals surface area contributed by atoms with E-state index in [4.69, 9.17) is 11.5 Å². The zero-order chi connectivity index (χ0) is 13.1. The van der Waals surface area contributed by atoms with Crippen molar-refractivity contribution < 1.29 is 4.79 Å². The van der Waals surface area contributed by atoms with Crippen LogP contribution in [-0.2, 0) is 6.54 Å². The van der Waals surface area contributed by atoms with E-state index >= 15 is 0 Å². The lowest BCUT2D eigenvalue weighted by molar-refractivity contribution is 0.0954. The number of nitrogens with one attached hydrogen (secondary N) is 1. The third kappa shape index (κ3) is 2.60. The highest BCUT2D eigenvalue weighted by Crippen LogP contribution is 2.19. The number of para-hydroxylation sites is 1. The van der Waals surface area contributed by atoms with E-state index in [2.05, 4.69) is 10.3 Å². The average Bonchev–Trinajstić information content (AvgIpc) is 2.67. The molecular weight excluding hydrogens is 248 g/mol. The predicted octanol–water partition coefficient (Wildman–Crippen LogP) is 1.55. The van der Waals surface area contributed by atoms with Crippen LogP contribution in [0.15, 0.2) is 24.3 Å². The molecule has 0 aliphatic rings. The third-order valence-corrected chi connectivity index (χ3v) is 3.50. The summed E-state index contributed by atoms with van der Waals surface area (Å²) in [5.41, 5.74) is 13.6. The van der Waals surface area contributed by atoms with Crippen LogP contribution in [0.4, 0.5) is 10.8 Å². The standard InChI is InChI=1S/C12H14N4OS/c1-7-10(18-12(14)16-7)11(17)15-6-8-4-2-3-5-9(8)13/h2-5H,6,13H2,1H3,(H2,14,16)(H,15,17). The van der Waals surface area contributed by atoms with Gasteiger partial charge < -0.3 is 16.8 Å². The Balaban J connectivity index is 2.05. The fourth-order valence-corrected chi connectivity index (χ4v) is 2.33. The summed E-state index contributed by atoms with van der Waals surface area (Å²) in [5, 5.41) is 3.21. The molecule has 0 aliphatic heterocycles. The van der Waals surface area contributed by atoms with Gasteiger partial charge in [-0.05, 0) is 18.6 Å². The molecule has 0 atom stereocenters. The average molecular weight is 262 g/mol. The molecule has 0 aliphatic carbocycles. The molecule has 0 fully saturated rings. The van der Waals surface area contributed by atoms with Crippen LogP contribution in [-0.4, -0.2) is 10.9 Å². The predicted molar refractivity (Wildman–Crippen MR) is 73.3 cm³/mol. The summed E-state index contributed by atoms with van der Waals surface area (Å²) in [5.74, 6) is -0.176. The second-order valence-corrected chi connectivity index (χ2v) is 4.88. The van der Waals surface area contributed by atoms with Gasteiger partial charge in [-0.15, -0.1) is 0 Å². The summed E-state index contributed by atoms with van der Waals surface area (Å²) in [6.45, 7) is 2.15. The van der Waals surface area contributed by atoms with Crippen molar-refractivity contribution in [1.82, 2.24) is 10.3 Å². The highest BCUT2D eigenvalue weighted by Gasteiger charge is 2.13. The van der Waals surface area contributed by atoms with Crippen molar-refractivity contribution in [2.45, 2.75) is 13.5 Å². The number of benzene rings is 1. The van der Waals surface area contributed by atoms with E-state index in [-0.39, 0.29) is 5.91 Å². The van der Waals surface area contributed by atoms with E-state index in [1.807, 2.05) is 18.2 Å². The van der Waals surface area contributed by atoms with Gasteiger partial charge in [0.15, 0.2) is 5.13 Å². The number of aromatic nitrogens is 1. The van der Waals surface area contributed by atoms with E-state index in [9.17, 15) is 4.79 Å². The molecule has 18 heavy (non-hydrogen) atoms. The minimum Gasteiger partial charge on any atom is -0.398 e. The second kappa shape index (κ2) is 5.05. The fraction of sp³-hybridized carbons (Fsp3) is 0.167. The van der Waals surface area contributed by atoms with E-state index in [0.29, 0.717) is 27.9 Å². The van der Waals surface area contributed by atoms with Gasteiger partial charge in [0.25, 0.3) is 5.91 Å². The van der Waals surface area contributed by atoms with E-state index in [0.717, 1.165) is 5.56 Å². The van der Waals surface area contributed by atoms with Crippen LogP contribution < -0.4 is 16.8 Å². The maximum atomic E-state index is 11.9. The number of carbonyl (C=O) groups is 1. The Hall–Kier alpha value is -2.08. The molecule has 1 heterocycles. The lowest BCUT2D eigenvalue weighted by Gasteiger charge is -2.06. The van der Waals surface area contributed by atoms with Crippen LogP contribution >= 0.6 is 11.3 Å². The van der Waals surface area contributed by atoms with Gasteiger partial charge in [-0.25, -0.2) is 4.98 Å². The molecule has 0 bridgehead atoms. The Labute approximate surface area is 109 Å². The minimum atomic E-state index is -0.176. The first kappa shape index (κ1) is 12.4. The van der Waals surface area contributed by atoms with Gasteiger partial charge in [0.2, 0.25) is 0 Å². The van der Waals surface area contributed by atoms with Gasteiger partial charge in [-0.1, -0.05) is 29.5 Å². The number of hydrogen-bond acceptors (Lipinski definition) is 5. The molecule has 0 spiro atoms. The SMILES string of the molecule is Cc1nc(N)sc1C(=O)NCc1ccccc1N. The van der Waals surface area contributed by atoms with Crippen molar-refractivity contribution in [3.8, 4) is 0 Å². The number of aryl methyl sites for hydroxylation is 1. The molecule has 5 N–H and O–H groups in total. The molecular formula is C12H14N4OS. The molecule has 0 saturated carbocycles. The van der Waals surface area contributed by atoms with Crippen LogP contribution in [0.1, 0.15) is 20.9 Å². The van der Waals surface area contributed by atoms with Gasteiger partial charge >= 0.3 is 0 Å². The molecule has 1 amide bonds. The molecule has 6 heteroatoms. The Morgan fingerprint density at radius 3 is 2.72 bits per heavy atom. The van der Waals surface area contributed by atoms with Crippen molar-refractivity contribution in [3.63, 3.8) is 0 Å². The summed E-state index contributed by atoms with van der Waals surface area (Å²) < 4.78 is 0. The number of nitrogen functional groups attached to an aromatic ring is 2. The van der Waals surface area contributed by atoms with Crippen molar-refractivity contribution >= 4 is 28.1 Å². The van der Waals surface area contributed by atoms with Gasteiger partial charge in [-0.3, -0.25) is 4.79 Å². The highest BCUT2D eigenvalue weighted by molar-refractivity contribution is 7.17. The number of rotatable bonds is 3. The van der Waals surface area contributed by atoms with Crippen LogP contribution in [0, 0.1) is 6.92 Å². The Bertz CT molecular complexity index is 579. The maximum absolute atomic E-state index is 11.9. The second-order valence-electron chi connectivity index (χ2n) is 3.85. The summed E-state index contributed by atoms with van der Waals surface area (Å²) in [7, 11) is 0. The molecule has 1 aromatic heterocycles. The van der Waals surface area contributed by atoms with Crippen molar-refractivity contribution in [2.24, 2.45) is 0 Å². The number of carbonyl (C=O) groups excluding carboxylic acids is 1. The summed E-state index contributed by atoms with van der Waals surface area (Å²) in [6, 6.07) is 7.42. The van der Waals surface area contributed by atoms with Crippen LogP contribution in [0.2, 0.25) is 0 Å². The van der Waals surface area contributed by atoms with Crippen LogP contribution in [0.25, 0.3) is 0 Å². The number of thiazole rings is 1. The number of anilines is 2. The van der Waals surface area contributed by atoms with E-state index in [1.165, 1.54) is 11.3 Å². The lowest BCUT2D eigenvalue weighted by atomic mass is 10.2. The highest BCUT2D eigenvalue weighted by atomic mass is 32.1. The fourth-order valence-electron chi connectivity index (χ4n) is 1.58. The van der Waals surface area contributed by atoms with Crippen molar-refractivity contribution in [2.75, 3.05) is 11.5 Å². The smallest absolute Gasteiger partial charge is 0.263 e. The first-order valence-electron chi connectivity index (χ1n) is 5.42. The number of nitrogens with two attached hydrogens (primary N) is 2. The molecule has 0 unspecified atom stereocenters. The third-order valence-electron chi connectivity index (χ3n) is 2.51. The molecule has 0 saturated heterocycles. The largest absolute Gasteiger partial charge is 0.398 e. The van der Waals surface area contributed by atoms with Gasteiger partial charge in [0.1, 0.15) is 4.88 Å². The number of hydrogen-bond donors (Lipinski definition) is 3. The molecule has 5 nitrogen and oxygen atoms in total. The maximum Gasteiger partial charge on any atom is 0.263 e. The zero-order valence-electron chi connectivity index (χ0n) is 9.93. The Morgan fingerprint density at radius 1 is 1.39 bits per heavy atom. The lowest BCUT2D eigenvalue weighted by Crippen LogP contribution is -2.23. The first-order valence-corrected chi connectivity index (χ1v) is 6.24. The summed E-state index contributed by atoms with van der Waals surface area (Å²) in [6.07, 6.45) is 0. The molecule has 94 valence electrons. The summed E-state index contributed by atoms with van der Waals surface area (Å²) >= 11 is 1.19. The van der Waals surface area contributed by atoms with E-state index in [1.54, 1.807) is 13.0 Å². The van der Waals surface area contributed by atoms with Gasteiger partial charge in [0.05, 0.1) is 5.69 Å². The monoisotopic (exact) mass is 262 g/mol. The Morgan fingerprint density at radius 2 is 2.11 bits per heavy atom. The van der Waals surface area contributed by atoms with Gasteiger partial charge in [0, 0.05) is 12.2 Å². The molecule has 2 aromatic rings. The quantitative estimate of drug-likeness (QED) is 0.731. The normalized spacial score (nSPS) is 10.3. The molecule has 0 radical (unpaired) electrons. The Kier molecular flexibility index (Phi) is 3.47. The topological polar surface area (TPSA) is 94.0 Å². The first-order chi connectivity index (χ1) is 8.58. The van der Waals surface area contributed by atoms with Crippen molar-refractivity contribution in [1.29, 1.82) is 0 Å². The zero-order valence-corrected chi connectivity index (χ0v) is 10.8. The number of amides is 1. The minimum absolute atomic E-state index is 0.176. The van der Waals surface area contributed by atoms with Crippen molar-refractivity contribution in [3.05, 3.63) is 40.4 Å². The molecule has 2 rings (SSSR count). The summed E-state index contributed by atoms with van der Waals surface area (Å²) in [4.78, 5) is 16.5. The van der Waals surface area contributed by atoms with Crippen LogP contribution in [0.5, 0.6) is 0 Å². The molecule has 1 aromatic carbocycles. The van der Waals surface area contributed by atoms with E-state index < -0.39 is 0 Å². The van der Waals surface area contributed by atoms with Crippen LogP contribution in [0.3, 0.4) is 0 Å².